The summed E-state index contributed by atoms with van der Waals surface area (Å²) in [7, 11) is -1.42. The van der Waals surface area contributed by atoms with Crippen molar-refractivity contribution in [3.8, 4) is 0 Å². The molecule has 1 rings (SSSR count). The Bertz CT molecular complexity index is 512. The normalized spacial score (nSPS) is 18.0. The Balaban J connectivity index is 0.00000529. The van der Waals surface area contributed by atoms with E-state index in [1.165, 1.54) is 25.5 Å². The van der Waals surface area contributed by atoms with Crippen molar-refractivity contribution in [1.29, 1.82) is 0 Å². The van der Waals surface area contributed by atoms with Gasteiger partial charge in [-0.2, -0.15) is 0 Å². The molecule has 6 nitrogen and oxygen atoms in total. The molecule has 1 fully saturated rings. The number of halogens is 1. The molecule has 0 spiro atoms. The number of hydrogen-bond donors (Lipinski definition) is 2. The SMILES string of the molecule is CN=C(NCC(C)(C)N1CCCCC1)NCC(C)(C)S(C)(=O)=O.I. The maximum atomic E-state index is 11.8. The first-order chi connectivity index (χ1) is 10.5. The molecule has 1 aliphatic rings. The zero-order chi connectivity index (χ0) is 17.7. The van der Waals surface area contributed by atoms with Gasteiger partial charge >= 0.3 is 0 Å². The van der Waals surface area contributed by atoms with E-state index in [9.17, 15) is 8.42 Å². The third-order valence-electron chi connectivity index (χ3n) is 4.81. The molecule has 0 amide bonds. The van der Waals surface area contributed by atoms with E-state index in [2.05, 4.69) is 34.4 Å². The number of rotatable bonds is 6. The monoisotopic (exact) mass is 474 g/mol. The summed E-state index contributed by atoms with van der Waals surface area (Å²) in [6, 6.07) is 0. The highest BCUT2D eigenvalue weighted by atomic mass is 127. The van der Waals surface area contributed by atoms with E-state index < -0.39 is 14.6 Å². The molecule has 0 aromatic heterocycles. The van der Waals surface area contributed by atoms with Crippen LogP contribution in [0, 0.1) is 0 Å². The van der Waals surface area contributed by atoms with Crippen LogP contribution in [0.2, 0.25) is 0 Å². The Morgan fingerprint density at radius 1 is 1.04 bits per heavy atom. The minimum atomic E-state index is -3.12. The number of sulfone groups is 1. The lowest BCUT2D eigenvalue weighted by molar-refractivity contribution is 0.0982. The van der Waals surface area contributed by atoms with E-state index in [0.717, 1.165) is 19.6 Å². The molecule has 0 atom stereocenters. The van der Waals surface area contributed by atoms with Crippen molar-refractivity contribution in [2.45, 2.75) is 57.2 Å². The Kier molecular flexibility index (Phi) is 9.53. The van der Waals surface area contributed by atoms with Crippen LogP contribution in [0.15, 0.2) is 4.99 Å². The molecule has 2 N–H and O–H groups in total. The molecule has 1 heterocycles. The molecule has 0 aromatic carbocycles. The summed E-state index contributed by atoms with van der Waals surface area (Å²) in [6.07, 6.45) is 5.12. The van der Waals surface area contributed by atoms with Crippen LogP contribution >= 0.6 is 24.0 Å². The smallest absolute Gasteiger partial charge is 0.191 e. The first kappa shape index (κ1) is 23.9. The van der Waals surface area contributed by atoms with Crippen molar-refractivity contribution in [2.75, 3.05) is 39.5 Å². The molecule has 1 aliphatic heterocycles. The Labute approximate surface area is 165 Å². The molecule has 144 valence electrons. The van der Waals surface area contributed by atoms with E-state index in [1.54, 1.807) is 20.9 Å². The minimum absolute atomic E-state index is 0. The first-order valence-corrected chi connectivity index (χ1v) is 10.3. The summed E-state index contributed by atoms with van der Waals surface area (Å²) in [4.78, 5) is 6.71. The molecule has 0 saturated carbocycles. The summed E-state index contributed by atoms with van der Waals surface area (Å²) in [5.74, 6) is 0.645. The fourth-order valence-electron chi connectivity index (χ4n) is 2.56. The van der Waals surface area contributed by atoms with Crippen LogP contribution in [-0.2, 0) is 9.84 Å². The van der Waals surface area contributed by atoms with E-state index in [1.807, 2.05) is 0 Å². The maximum Gasteiger partial charge on any atom is 0.191 e. The number of piperidine rings is 1. The second-order valence-corrected chi connectivity index (χ2v) is 10.3. The largest absolute Gasteiger partial charge is 0.355 e. The van der Waals surface area contributed by atoms with Gasteiger partial charge in [0.2, 0.25) is 0 Å². The van der Waals surface area contributed by atoms with E-state index in [0.29, 0.717) is 12.5 Å². The first-order valence-electron chi connectivity index (χ1n) is 8.39. The molecular formula is C16H35IN4O2S. The van der Waals surface area contributed by atoms with Crippen molar-refractivity contribution in [3.05, 3.63) is 0 Å². The molecule has 8 heteroatoms. The zero-order valence-electron chi connectivity index (χ0n) is 16.0. The number of likely N-dealkylation sites (tertiary alicyclic amines) is 1. The molecule has 0 aliphatic carbocycles. The summed E-state index contributed by atoms with van der Waals surface area (Å²) in [6.45, 7) is 11.3. The highest BCUT2D eigenvalue weighted by Gasteiger charge is 2.31. The quantitative estimate of drug-likeness (QED) is 0.349. The number of nitrogens with zero attached hydrogens (tertiary/aromatic N) is 2. The lowest BCUT2D eigenvalue weighted by Crippen LogP contribution is -2.56. The lowest BCUT2D eigenvalue weighted by Gasteiger charge is -2.41. The Morgan fingerprint density at radius 3 is 2.00 bits per heavy atom. The van der Waals surface area contributed by atoms with Gasteiger partial charge in [0, 0.05) is 31.9 Å². The van der Waals surface area contributed by atoms with Crippen LogP contribution in [0.4, 0.5) is 0 Å². The number of hydrogen-bond acceptors (Lipinski definition) is 4. The van der Waals surface area contributed by atoms with Gasteiger partial charge in [-0.15, -0.1) is 24.0 Å². The van der Waals surface area contributed by atoms with Gasteiger partial charge in [0.25, 0.3) is 0 Å². The molecular weight excluding hydrogens is 439 g/mol. The van der Waals surface area contributed by atoms with Gasteiger partial charge in [-0.1, -0.05) is 6.42 Å². The van der Waals surface area contributed by atoms with Gasteiger partial charge in [-0.25, -0.2) is 8.42 Å². The van der Waals surface area contributed by atoms with Crippen LogP contribution in [0.3, 0.4) is 0 Å². The molecule has 1 saturated heterocycles. The second-order valence-electron chi connectivity index (χ2n) is 7.67. The van der Waals surface area contributed by atoms with Crippen LogP contribution in [0.1, 0.15) is 47.0 Å². The van der Waals surface area contributed by atoms with Crippen molar-refractivity contribution in [2.24, 2.45) is 4.99 Å². The summed E-state index contributed by atoms with van der Waals surface area (Å²) < 4.78 is 22.7. The topological polar surface area (TPSA) is 73.8 Å². The molecule has 0 bridgehead atoms. The maximum absolute atomic E-state index is 11.8. The van der Waals surface area contributed by atoms with Gasteiger partial charge in [-0.05, 0) is 53.6 Å². The molecule has 0 unspecified atom stereocenters. The number of nitrogens with one attached hydrogen (secondary N) is 2. The lowest BCUT2D eigenvalue weighted by atomic mass is 9.98. The summed E-state index contributed by atoms with van der Waals surface area (Å²) in [5, 5.41) is 6.47. The average molecular weight is 474 g/mol. The summed E-state index contributed by atoms with van der Waals surface area (Å²) >= 11 is 0. The fourth-order valence-corrected chi connectivity index (χ4v) is 2.89. The highest BCUT2D eigenvalue weighted by Crippen LogP contribution is 2.19. The highest BCUT2D eigenvalue weighted by molar-refractivity contribution is 14.0. The zero-order valence-corrected chi connectivity index (χ0v) is 19.1. The average Bonchev–Trinajstić information content (AvgIpc) is 2.47. The number of guanidine groups is 1. The summed E-state index contributed by atoms with van der Waals surface area (Å²) in [5.41, 5.74) is 0.0460. The van der Waals surface area contributed by atoms with E-state index in [-0.39, 0.29) is 29.5 Å². The third-order valence-corrected chi connectivity index (χ3v) is 6.96. The second kappa shape index (κ2) is 9.56. The van der Waals surface area contributed by atoms with Gasteiger partial charge in [0.1, 0.15) is 0 Å². The van der Waals surface area contributed by atoms with E-state index in [4.69, 9.17) is 0 Å². The van der Waals surface area contributed by atoms with E-state index >= 15 is 0 Å². The van der Waals surface area contributed by atoms with Crippen molar-refractivity contribution < 1.29 is 8.42 Å². The third kappa shape index (κ3) is 7.03. The van der Waals surface area contributed by atoms with Gasteiger partial charge in [-0.3, -0.25) is 9.89 Å². The van der Waals surface area contributed by atoms with Gasteiger partial charge in [0.05, 0.1) is 4.75 Å². The Morgan fingerprint density at radius 2 is 1.54 bits per heavy atom. The molecule has 0 aromatic rings. The van der Waals surface area contributed by atoms with Crippen molar-refractivity contribution in [3.63, 3.8) is 0 Å². The molecule has 24 heavy (non-hydrogen) atoms. The predicted molar refractivity (Wildman–Crippen MR) is 113 cm³/mol. The van der Waals surface area contributed by atoms with Crippen LogP contribution < -0.4 is 10.6 Å². The van der Waals surface area contributed by atoms with Crippen LogP contribution in [-0.4, -0.2) is 69.0 Å². The standard InChI is InChI=1S/C16H34N4O2S.HI/c1-15(2,20-10-8-7-9-11-20)12-18-14(17-5)19-13-16(3,4)23(6,21)22;/h7-13H2,1-6H3,(H2,17,18,19);1H. The minimum Gasteiger partial charge on any atom is -0.355 e. The van der Waals surface area contributed by atoms with Crippen molar-refractivity contribution >= 4 is 39.8 Å². The van der Waals surface area contributed by atoms with Crippen molar-refractivity contribution in [1.82, 2.24) is 15.5 Å². The van der Waals surface area contributed by atoms with Crippen LogP contribution in [0.25, 0.3) is 0 Å². The fraction of sp³-hybridized carbons (Fsp3) is 0.938. The predicted octanol–water partition coefficient (Wildman–Crippen LogP) is 1.86. The number of aliphatic imine (C=N–C) groups is 1. The Hall–Kier alpha value is -0.0900. The van der Waals surface area contributed by atoms with Crippen LogP contribution in [0.5, 0.6) is 0 Å². The van der Waals surface area contributed by atoms with Gasteiger partial charge < -0.3 is 10.6 Å². The van der Waals surface area contributed by atoms with Gasteiger partial charge in [0.15, 0.2) is 15.8 Å². The molecule has 0 radical (unpaired) electrons.